The highest BCUT2D eigenvalue weighted by atomic mass is 19.1. The van der Waals surface area contributed by atoms with Crippen LogP contribution in [0.3, 0.4) is 0 Å². The number of amides is 1. The Labute approximate surface area is 170 Å². The zero-order chi connectivity index (χ0) is 20.7. The number of hydrogen-bond donors (Lipinski definition) is 2. The molecule has 1 fully saturated rings. The molecule has 0 saturated heterocycles. The molecule has 152 valence electrons. The molecule has 5 rings (SSSR count). The van der Waals surface area contributed by atoms with E-state index in [4.69, 9.17) is 9.15 Å². The van der Waals surface area contributed by atoms with Crippen molar-refractivity contribution < 1.29 is 18.3 Å². The zero-order valence-corrected chi connectivity index (χ0v) is 16.1. The Hall–Kier alpha value is -3.75. The molecular weight excluding hydrogens is 389 g/mol. The minimum atomic E-state index is -0.918. The van der Waals surface area contributed by atoms with Crippen molar-refractivity contribution in [1.82, 2.24) is 15.0 Å². The lowest BCUT2D eigenvalue weighted by Crippen LogP contribution is -2.14. The van der Waals surface area contributed by atoms with Crippen LogP contribution in [-0.4, -0.2) is 34.8 Å². The van der Waals surface area contributed by atoms with Crippen LogP contribution in [0.4, 0.5) is 16.0 Å². The van der Waals surface area contributed by atoms with Gasteiger partial charge in [-0.15, -0.1) is 0 Å². The zero-order valence-electron chi connectivity index (χ0n) is 16.1. The maximum atomic E-state index is 12.5. The van der Waals surface area contributed by atoms with Crippen molar-refractivity contribution in [1.29, 1.82) is 0 Å². The molecule has 0 atom stereocenters. The third-order valence-electron chi connectivity index (χ3n) is 5.02. The quantitative estimate of drug-likeness (QED) is 0.495. The van der Waals surface area contributed by atoms with E-state index < -0.39 is 6.86 Å². The van der Waals surface area contributed by atoms with Crippen molar-refractivity contribution in [2.45, 2.75) is 12.8 Å². The second kappa shape index (κ2) is 7.25. The van der Waals surface area contributed by atoms with E-state index in [0.29, 0.717) is 39.9 Å². The SMILES string of the molecule is CNc1ncc(-c2nc3cc(OCF)ccc3o2)c2cc(NC(=O)C3CC3)ncc12. The normalized spacial score (nSPS) is 13.5. The van der Waals surface area contributed by atoms with Gasteiger partial charge in [0.2, 0.25) is 18.7 Å². The van der Waals surface area contributed by atoms with Crippen LogP contribution in [0, 0.1) is 5.92 Å². The molecular formula is C21H18FN5O3. The highest BCUT2D eigenvalue weighted by molar-refractivity contribution is 6.03. The summed E-state index contributed by atoms with van der Waals surface area (Å²) in [5.41, 5.74) is 1.73. The van der Waals surface area contributed by atoms with Crippen LogP contribution in [0.5, 0.6) is 5.75 Å². The van der Waals surface area contributed by atoms with Gasteiger partial charge >= 0.3 is 0 Å². The number of hydrogen-bond acceptors (Lipinski definition) is 7. The number of ether oxygens (including phenoxy) is 1. The van der Waals surface area contributed by atoms with Crippen molar-refractivity contribution >= 4 is 39.4 Å². The summed E-state index contributed by atoms with van der Waals surface area (Å²) in [5.74, 6) is 1.89. The van der Waals surface area contributed by atoms with Crippen LogP contribution >= 0.6 is 0 Å². The van der Waals surface area contributed by atoms with E-state index in [1.165, 1.54) is 0 Å². The largest absolute Gasteiger partial charge is 0.463 e. The van der Waals surface area contributed by atoms with E-state index in [-0.39, 0.29) is 11.8 Å². The monoisotopic (exact) mass is 407 g/mol. The van der Waals surface area contributed by atoms with Gasteiger partial charge in [-0.3, -0.25) is 4.79 Å². The topological polar surface area (TPSA) is 102 Å². The standard InChI is InChI=1S/C21H18FN5O3/c1-23-19-14-8-24-18(27-20(28)11-2-3-11)7-13(14)15(9-25-19)21-26-16-6-12(29-10-22)4-5-17(16)30-21/h4-9,11H,2-3,10H2,1H3,(H,23,25)(H,24,27,28). The molecule has 0 radical (unpaired) electrons. The number of alkyl halides is 1. The fourth-order valence-electron chi connectivity index (χ4n) is 3.32. The van der Waals surface area contributed by atoms with Crippen molar-refractivity contribution in [3.63, 3.8) is 0 Å². The first-order valence-electron chi connectivity index (χ1n) is 9.53. The summed E-state index contributed by atoms with van der Waals surface area (Å²) in [6, 6.07) is 6.70. The molecule has 1 aromatic carbocycles. The van der Waals surface area contributed by atoms with Crippen molar-refractivity contribution in [2.75, 3.05) is 24.5 Å². The van der Waals surface area contributed by atoms with Gasteiger partial charge in [-0.25, -0.2) is 19.3 Å². The molecule has 1 saturated carbocycles. The molecule has 0 spiro atoms. The van der Waals surface area contributed by atoms with Gasteiger partial charge in [-0.1, -0.05) is 0 Å². The van der Waals surface area contributed by atoms with Gasteiger partial charge < -0.3 is 19.8 Å². The van der Waals surface area contributed by atoms with E-state index in [1.807, 2.05) is 0 Å². The molecule has 8 nitrogen and oxygen atoms in total. The smallest absolute Gasteiger partial charge is 0.229 e. The van der Waals surface area contributed by atoms with E-state index in [2.05, 4.69) is 25.6 Å². The predicted molar refractivity (Wildman–Crippen MR) is 110 cm³/mol. The van der Waals surface area contributed by atoms with Gasteiger partial charge in [0.15, 0.2) is 5.58 Å². The molecule has 30 heavy (non-hydrogen) atoms. The predicted octanol–water partition coefficient (Wildman–Crippen LogP) is 4.13. The molecule has 1 amide bonds. The molecule has 0 aliphatic heterocycles. The Balaban J connectivity index is 1.61. The van der Waals surface area contributed by atoms with Crippen LogP contribution in [0.15, 0.2) is 41.1 Å². The Bertz CT molecular complexity index is 1270. The van der Waals surface area contributed by atoms with E-state index in [0.717, 1.165) is 23.6 Å². The van der Waals surface area contributed by atoms with Gasteiger partial charge in [0.05, 0.1) is 5.56 Å². The number of pyridine rings is 2. The van der Waals surface area contributed by atoms with Crippen LogP contribution in [0.25, 0.3) is 33.3 Å². The highest BCUT2D eigenvalue weighted by Gasteiger charge is 2.30. The summed E-state index contributed by atoms with van der Waals surface area (Å²) < 4.78 is 23.3. The lowest BCUT2D eigenvalue weighted by atomic mass is 10.1. The molecule has 9 heteroatoms. The number of anilines is 2. The second-order valence-corrected chi connectivity index (χ2v) is 7.05. The summed E-state index contributed by atoms with van der Waals surface area (Å²) in [5, 5.41) is 7.46. The Morgan fingerprint density at radius 2 is 2.10 bits per heavy atom. The lowest BCUT2D eigenvalue weighted by molar-refractivity contribution is -0.117. The Morgan fingerprint density at radius 1 is 1.23 bits per heavy atom. The van der Waals surface area contributed by atoms with Gasteiger partial charge in [0.1, 0.15) is 22.9 Å². The van der Waals surface area contributed by atoms with Gasteiger partial charge in [0.25, 0.3) is 0 Å². The van der Waals surface area contributed by atoms with Crippen molar-refractivity contribution in [2.24, 2.45) is 5.92 Å². The maximum absolute atomic E-state index is 12.5. The van der Waals surface area contributed by atoms with Crippen LogP contribution in [-0.2, 0) is 4.79 Å². The number of benzene rings is 1. The number of carbonyl (C=O) groups excluding carboxylic acids is 1. The van der Waals surface area contributed by atoms with Crippen molar-refractivity contribution in [3.05, 3.63) is 36.7 Å². The lowest BCUT2D eigenvalue weighted by Gasteiger charge is -2.10. The number of nitrogens with one attached hydrogen (secondary N) is 2. The summed E-state index contributed by atoms with van der Waals surface area (Å²) >= 11 is 0. The molecule has 2 N–H and O–H groups in total. The molecule has 4 aromatic rings. The molecule has 3 aromatic heterocycles. The minimum absolute atomic E-state index is 0.0199. The summed E-state index contributed by atoms with van der Waals surface area (Å²) in [4.78, 5) is 25.5. The van der Waals surface area contributed by atoms with Gasteiger partial charge in [0, 0.05) is 42.2 Å². The fourth-order valence-corrected chi connectivity index (χ4v) is 3.32. The number of halogens is 1. The van der Waals surface area contributed by atoms with E-state index in [1.54, 1.807) is 43.7 Å². The number of nitrogens with zero attached hydrogens (tertiary/aromatic N) is 3. The average molecular weight is 407 g/mol. The average Bonchev–Trinajstić information content (AvgIpc) is 3.53. The first kappa shape index (κ1) is 18.3. The molecule has 1 aliphatic carbocycles. The van der Waals surface area contributed by atoms with Gasteiger partial charge in [-0.2, -0.15) is 0 Å². The number of oxazole rings is 1. The first-order chi connectivity index (χ1) is 14.7. The molecule has 0 unspecified atom stereocenters. The number of carbonyl (C=O) groups is 1. The Morgan fingerprint density at radius 3 is 2.87 bits per heavy atom. The molecule has 3 heterocycles. The third-order valence-corrected chi connectivity index (χ3v) is 5.02. The van der Waals surface area contributed by atoms with Crippen LogP contribution in [0.2, 0.25) is 0 Å². The fraction of sp³-hybridized carbons (Fsp3) is 0.238. The van der Waals surface area contributed by atoms with Gasteiger partial charge in [-0.05, 0) is 31.0 Å². The van der Waals surface area contributed by atoms with Crippen LogP contribution < -0.4 is 15.4 Å². The minimum Gasteiger partial charge on any atom is -0.463 e. The number of fused-ring (bicyclic) bond motifs is 2. The van der Waals surface area contributed by atoms with Crippen molar-refractivity contribution in [3.8, 4) is 17.2 Å². The third kappa shape index (κ3) is 3.28. The van der Waals surface area contributed by atoms with Crippen LogP contribution in [0.1, 0.15) is 12.8 Å². The van der Waals surface area contributed by atoms with E-state index in [9.17, 15) is 9.18 Å². The first-order valence-corrected chi connectivity index (χ1v) is 9.53. The summed E-state index contributed by atoms with van der Waals surface area (Å²) in [6.07, 6.45) is 5.14. The highest BCUT2D eigenvalue weighted by Crippen LogP contribution is 2.35. The number of rotatable bonds is 6. The Kier molecular flexibility index (Phi) is 4.42. The summed E-state index contributed by atoms with van der Waals surface area (Å²) in [6.45, 7) is -0.918. The second-order valence-electron chi connectivity index (χ2n) is 7.05. The summed E-state index contributed by atoms with van der Waals surface area (Å²) in [7, 11) is 1.77. The van der Waals surface area contributed by atoms with E-state index >= 15 is 0 Å². The maximum Gasteiger partial charge on any atom is 0.229 e. The molecule has 0 bridgehead atoms. The molecule has 1 aliphatic rings. The number of aromatic nitrogens is 3.